The predicted octanol–water partition coefficient (Wildman–Crippen LogP) is 3.85. The third-order valence-corrected chi connectivity index (χ3v) is 3.79. The number of hydrogen-bond donors (Lipinski definition) is 2. The minimum absolute atomic E-state index is 0. The fourth-order valence-electron chi connectivity index (χ4n) is 2.26. The van der Waals surface area contributed by atoms with Gasteiger partial charge >= 0.3 is 0 Å². The van der Waals surface area contributed by atoms with Crippen LogP contribution in [0.25, 0.3) is 0 Å². The first-order chi connectivity index (χ1) is 9.40. The smallest absolute Gasteiger partial charge is 0.191 e. The van der Waals surface area contributed by atoms with E-state index in [4.69, 9.17) is 0 Å². The SMILES string of the molecule is CCC(C)NC(=NC)NCC(C)(C)c1ccccc1C.I. The summed E-state index contributed by atoms with van der Waals surface area (Å²) in [6.45, 7) is 11.9. The standard InChI is InChI=1S/C17H29N3.HI/c1-7-14(3)20-16(18-6)19-12-17(4,5)15-11-9-8-10-13(15)2;/h8-11,14H,7,12H2,1-6H3,(H2,18,19,20);1H. The Hall–Kier alpha value is -0.780. The van der Waals surface area contributed by atoms with Crippen molar-refractivity contribution in [1.82, 2.24) is 10.6 Å². The Bertz CT molecular complexity index is 455. The zero-order valence-corrected chi connectivity index (χ0v) is 16.5. The second-order valence-corrected chi connectivity index (χ2v) is 6.08. The number of nitrogens with zero attached hydrogens (tertiary/aromatic N) is 1. The highest BCUT2D eigenvalue weighted by Crippen LogP contribution is 2.25. The Labute approximate surface area is 147 Å². The number of nitrogens with one attached hydrogen (secondary N) is 2. The van der Waals surface area contributed by atoms with E-state index in [1.54, 1.807) is 0 Å². The number of benzene rings is 1. The topological polar surface area (TPSA) is 36.4 Å². The summed E-state index contributed by atoms with van der Waals surface area (Å²) < 4.78 is 0. The molecule has 0 radical (unpaired) electrons. The second kappa shape index (κ2) is 9.28. The molecule has 0 saturated carbocycles. The molecule has 0 heterocycles. The van der Waals surface area contributed by atoms with Crippen molar-refractivity contribution >= 4 is 29.9 Å². The lowest BCUT2D eigenvalue weighted by Gasteiger charge is -2.29. The van der Waals surface area contributed by atoms with E-state index in [0.717, 1.165) is 18.9 Å². The van der Waals surface area contributed by atoms with Gasteiger partial charge in [0.25, 0.3) is 0 Å². The third-order valence-electron chi connectivity index (χ3n) is 3.79. The summed E-state index contributed by atoms with van der Waals surface area (Å²) in [5.74, 6) is 0.876. The Kier molecular flexibility index (Phi) is 8.94. The maximum Gasteiger partial charge on any atom is 0.191 e. The minimum Gasteiger partial charge on any atom is -0.356 e. The van der Waals surface area contributed by atoms with Crippen LogP contribution < -0.4 is 10.6 Å². The molecule has 0 fully saturated rings. The molecule has 3 nitrogen and oxygen atoms in total. The minimum atomic E-state index is 0. The van der Waals surface area contributed by atoms with Crippen molar-refractivity contribution in [3.05, 3.63) is 35.4 Å². The molecule has 0 aliphatic rings. The third kappa shape index (κ3) is 6.24. The van der Waals surface area contributed by atoms with Gasteiger partial charge in [-0.2, -0.15) is 0 Å². The van der Waals surface area contributed by atoms with Gasteiger partial charge in [0.2, 0.25) is 0 Å². The van der Waals surface area contributed by atoms with E-state index in [-0.39, 0.29) is 29.4 Å². The number of aryl methyl sites for hydroxylation is 1. The van der Waals surface area contributed by atoms with E-state index >= 15 is 0 Å². The highest BCUT2D eigenvalue weighted by atomic mass is 127. The Balaban J connectivity index is 0.00000400. The predicted molar refractivity (Wildman–Crippen MR) is 104 cm³/mol. The molecule has 0 aromatic heterocycles. The maximum atomic E-state index is 4.29. The van der Waals surface area contributed by atoms with Crippen LogP contribution in [0.4, 0.5) is 0 Å². The summed E-state index contributed by atoms with van der Waals surface area (Å²) in [6.07, 6.45) is 1.09. The molecule has 0 spiro atoms. The number of rotatable bonds is 5. The molecule has 2 N–H and O–H groups in total. The van der Waals surface area contributed by atoms with Crippen molar-refractivity contribution in [3.8, 4) is 0 Å². The summed E-state index contributed by atoms with van der Waals surface area (Å²) in [5.41, 5.74) is 2.79. The van der Waals surface area contributed by atoms with E-state index < -0.39 is 0 Å². The van der Waals surface area contributed by atoms with Crippen LogP contribution in [0.5, 0.6) is 0 Å². The molecule has 0 aliphatic heterocycles. The van der Waals surface area contributed by atoms with Gasteiger partial charge in [-0.3, -0.25) is 4.99 Å². The highest BCUT2D eigenvalue weighted by Gasteiger charge is 2.22. The van der Waals surface area contributed by atoms with Gasteiger partial charge in [0, 0.05) is 25.0 Å². The first-order valence-electron chi connectivity index (χ1n) is 7.44. The molecule has 1 atom stereocenters. The highest BCUT2D eigenvalue weighted by molar-refractivity contribution is 14.0. The number of aliphatic imine (C=N–C) groups is 1. The van der Waals surface area contributed by atoms with Crippen molar-refractivity contribution < 1.29 is 0 Å². The summed E-state index contributed by atoms with van der Waals surface area (Å²) in [4.78, 5) is 4.29. The lowest BCUT2D eigenvalue weighted by atomic mass is 9.82. The molecule has 21 heavy (non-hydrogen) atoms. The second-order valence-electron chi connectivity index (χ2n) is 6.08. The fourth-order valence-corrected chi connectivity index (χ4v) is 2.26. The van der Waals surface area contributed by atoms with Crippen molar-refractivity contribution in [2.45, 2.75) is 52.5 Å². The number of guanidine groups is 1. The molecule has 0 bridgehead atoms. The van der Waals surface area contributed by atoms with E-state index in [1.807, 2.05) is 7.05 Å². The molecule has 1 aromatic carbocycles. The van der Waals surface area contributed by atoms with Crippen LogP contribution in [-0.4, -0.2) is 25.6 Å². The molecule has 120 valence electrons. The summed E-state index contributed by atoms with van der Waals surface area (Å²) >= 11 is 0. The van der Waals surface area contributed by atoms with Crippen LogP contribution in [0.2, 0.25) is 0 Å². The van der Waals surface area contributed by atoms with Gasteiger partial charge < -0.3 is 10.6 Å². The largest absolute Gasteiger partial charge is 0.356 e. The van der Waals surface area contributed by atoms with Crippen LogP contribution in [0.1, 0.15) is 45.2 Å². The van der Waals surface area contributed by atoms with E-state index in [2.05, 4.69) is 74.5 Å². The molecule has 4 heteroatoms. The lowest BCUT2D eigenvalue weighted by Crippen LogP contribution is -2.46. The molecule has 0 amide bonds. The molecule has 0 aliphatic carbocycles. The van der Waals surface area contributed by atoms with Gasteiger partial charge in [-0.25, -0.2) is 0 Å². The van der Waals surface area contributed by atoms with E-state index in [0.29, 0.717) is 6.04 Å². The van der Waals surface area contributed by atoms with Crippen molar-refractivity contribution in [3.63, 3.8) is 0 Å². The molecular formula is C17H30IN3. The van der Waals surface area contributed by atoms with Gasteiger partial charge in [-0.05, 0) is 31.4 Å². The number of hydrogen-bond acceptors (Lipinski definition) is 1. The normalized spacial score (nSPS) is 13.3. The summed E-state index contributed by atoms with van der Waals surface area (Å²) in [7, 11) is 1.82. The first-order valence-corrected chi connectivity index (χ1v) is 7.44. The van der Waals surface area contributed by atoms with Gasteiger partial charge in [0.15, 0.2) is 5.96 Å². The maximum absolute atomic E-state index is 4.29. The van der Waals surface area contributed by atoms with Crippen molar-refractivity contribution in [2.24, 2.45) is 4.99 Å². The van der Waals surface area contributed by atoms with Gasteiger partial charge in [0.1, 0.15) is 0 Å². The summed E-state index contributed by atoms with van der Waals surface area (Å²) in [5, 5.41) is 6.83. The lowest BCUT2D eigenvalue weighted by molar-refractivity contribution is 0.501. The Morgan fingerprint density at radius 1 is 1.29 bits per heavy atom. The van der Waals surface area contributed by atoms with Crippen LogP contribution in [0.3, 0.4) is 0 Å². The number of halogens is 1. The monoisotopic (exact) mass is 403 g/mol. The van der Waals surface area contributed by atoms with Gasteiger partial charge in [-0.15, -0.1) is 24.0 Å². The first kappa shape index (κ1) is 20.2. The quantitative estimate of drug-likeness (QED) is 0.445. The fraction of sp³-hybridized carbons (Fsp3) is 0.588. The van der Waals surface area contributed by atoms with Gasteiger partial charge in [-0.1, -0.05) is 45.0 Å². The zero-order valence-electron chi connectivity index (χ0n) is 14.2. The van der Waals surface area contributed by atoms with Crippen LogP contribution in [-0.2, 0) is 5.41 Å². The average molecular weight is 403 g/mol. The Morgan fingerprint density at radius 3 is 2.43 bits per heavy atom. The molecule has 0 saturated heterocycles. The van der Waals surface area contributed by atoms with Crippen molar-refractivity contribution in [2.75, 3.05) is 13.6 Å². The Morgan fingerprint density at radius 2 is 1.90 bits per heavy atom. The van der Waals surface area contributed by atoms with E-state index in [9.17, 15) is 0 Å². The summed E-state index contributed by atoms with van der Waals surface area (Å²) in [6, 6.07) is 9.01. The van der Waals surface area contributed by atoms with Crippen molar-refractivity contribution in [1.29, 1.82) is 0 Å². The van der Waals surface area contributed by atoms with E-state index in [1.165, 1.54) is 11.1 Å². The molecule has 1 unspecified atom stereocenters. The molecule has 1 aromatic rings. The average Bonchev–Trinajstić information content (AvgIpc) is 2.43. The van der Waals surface area contributed by atoms with Gasteiger partial charge in [0.05, 0.1) is 0 Å². The van der Waals surface area contributed by atoms with Crippen LogP contribution in [0, 0.1) is 6.92 Å². The zero-order chi connectivity index (χ0) is 15.2. The molecular weight excluding hydrogens is 373 g/mol. The van der Waals surface area contributed by atoms with Crippen LogP contribution in [0.15, 0.2) is 29.3 Å². The van der Waals surface area contributed by atoms with Crippen LogP contribution >= 0.6 is 24.0 Å². The molecule has 1 rings (SSSR count).